The molecule has 0 aliphatic carbocycles. The van der Waals surface area contributed by atoms with E-state index in [0.717, 1.165) is 0 Å². The lowest BCUT2D eigenvalue weighted by molar-refractivity contribution is 0.0611. The number of halogens is 4. The highest BCUT2D eigenvalue weighted by molar-refractivity contribution is 6.35. The van der Waals surface area contributed by atoms with Crippen LogP contribution in [0.4, 0.5) is 20.3 Å². The second-order valence-electron chi connectivity index (χ2n) is 7.40. The minimum Gasteiger partial charge on any atom is -0.489 e. The van der Waals surface area contributed by atoms with Crippen molar-refractivity contribution in [3.05, 3.63) is 75.7 Å². The first kappa shape index (κ1) is 22.2. The van der Waals surface area contributed by atoms with Gasteiger partial charge in [0, 0.05) is 54.1 Å². The first-order valence-corrected chi connectivity index (χ1v) is 10.5. The molecule has 0 spiro atoms. The van der Waals surface area contributed by atoms with E-state index in [1.165, 1.54) is 18.6 Å². The first-order valence-electron chi connectivity index (χ1n) is 9.72. The summed E-state index contributed by atoms with van der Waals surface area (Å²) in [6.45, 7) is 0.682. The molecule has 166 valence electrons. The zero-order chi connectivity index (χ0) is 22.8. The number of benzene rings is 1. The molecule has 3 aromatic rings. The number of hydrogen-bond donors (Lipinski definition) is 2. The van der Waals surface area contributed by atoms with Crippen molar-refractivity contribution in [2.75, 3.05) is 23.7 Å². The van der Waals surface area contributed by atoms with Gasteiger partial charge in [-0.3, -0.25) is 10.4 Å². The Kier molecular flexibility index (Phi) is 6.43. The predicted octanol–water partition coefficient (Wildman–Crippen LogP) is 5.06. The maximum absolute atomic E-state index is 12.7. The number of ether oxygens (including phenoxy) is 1. The van der Waals surface area contributed by atoms with Crippen molar-refractivity contribution in [3.8, 4) is 5.75 Å². The number of anilines is 2. The summed E-state index contributed by atoms with van der Waals surface area (Å²) in [5.41, 5.74) is 8.30. The summed E-state index contributed by atoms with van der Waals surface area (Å²) in [4.78, 5) is 10.0. The maximum Gasteiger partial charge on any atom is 0.244 e. The molecule has 2 aromatic heterocycles. The Morgan fingerprint density at radius 3 is 2.50 bits per heavy atom. The Morgan fingerprint density at radius 2 is 1.88 bits per heavy atom. The minimum atomic E-state index is -2.32. The van der Waals surface area contributed by atoms with Gasteiger partial charge in [0.05, 0.1) is 21.7 Å². The van der Waals surface area contributed by atoms with E-state index in [9.17, 15) is 8.78 Å². The van der Waals surface area contributed by atoms with Gasteiger partial charge in [-0.25, -0.2) is 13.8 Å². The number of pyridine rings is 2. The topological polar surface area (TPSA) is 88.1 Å². The first-order chi connectivity index (χ1) is 15.3. The van der Waals surface area contributed by atoms with Crippen molar-refractivity contribution in [2.24, 2.45) is 5.92 Å². The minimum absolute atomic E-state index is 0.128. The second kappa shape index (κ2) is 9.26. The molecule has 1 aliphatic heterocycles. The molecule has 1 aromatic carbocycles. The highest BCUT2D eigenvalue weighted by Crippen LogP contribution is 2.29. The van der Waals surface area contributed by atoms with E-state index >= 15 is 0 Å². The second-order valence-corrected chi connectivity index (χ2v) is 8.21. The van der Waals surface area contributed by atoms with Crippen molar-refractivity contribution >= 4 is 40.4 Å². The third-order valence-electron chi connectivity index (χ3n) is 5.26. The average Bonchev–Trinajstić information content (AvgIpc) is 2.73. The summed E-state index contributed by atoms with van der Waals surface area (Å²) in [7, 11) is 0. The van der Waals surface area contributed by atoms with E-state index in [4.69, 9.17) is 39.1 Å². The van der Waals surface area contributed by atoms with Gasteiger partial charge in [0.1, 0.15) is 18.2 Å². The van der Waals surface area contributed by atoms with Gasteiger partial charge in [0.2, 0.25) is 6.43 Å². The van der Waals surface area contributed by atoms with Crippen LogP contribution >= 0.6 is 23.2 Å². The highest BCUT2D eigenvalue weighted by Gasteiger charge is 2.34. The van der Waals surface area contributed by atoms with Crippen LogP contribution in [0.2, 0.25) is 10.0 Å². The van der Waals surface area contributed by atoms with E-state index < -0.39 is 12.3 Å². The van der Waals surface area contributed by atoms with Gasteiger partial charge < -0.3 is 15.4 Å². The third-order valence-corrected chi connectivity index (χ3v) is 5.91. The van der Waals surface area contributed by atoms with E-state index in [-0.39, 0.29) is 25.4 Å². The largest absolute Gasteiger partial charge is 0.489 e. The molecule has 0 unspecified atom stereocenters. The smallest absolute Gasteiger partial charge is 0.244 e. The fourth-order valence-electron chi connectivity index (χ4n) is 3.31. The molecule has 0 atom stereocenters. The molecular weight excluding hydrogens is 459 g/mol. The predicted molar refractivity (Wildman–Crippen MR) is 121 cm³/mol. The van der Waals surface area contributed by atoms with E-state index in [1.54, 1.807) is 35.2 Å². The lowest BCUT2D eigenvalue weighted by Gasteiger charge is -2.39. The number of alkyl halides is 2. The lowest BCUT2D eigenvalue weighted by Crippen LogP contribution is -2.50. The Bertz CT molecular complexity index is 1120. The summed E-state index contributed by atoms with van der Waals surface area (Å²) in [6, 6.07) is 8.46. The molecule has 1 aliphatic rings. The molecule has 0 bridgehead atoms. The van der Waals surface area contributed by atoms with Crippen LogP contribution in [0, 0.1) is 11.3 Å². The third kappa shape index (κ3) is 4.61. The van der Waals surface area contributed by atoms with Crippen LogP contribution in [0.3, 0.4) is 0 Å². The number of aromatic nitrogens is 2. The average molecular weight is 478 g/mol. The standard InChI is InChI=1S/C22H19Cl2F2N5O/c23-17-7-29-8-18(24)16(17)11-32-14-2-3-19(27)15(5-14)21(28)12-1-4-20(30-6-12)31-9-13(10-31)22(25)26/h1-8,13,22,28H,9-11,27H2. The molecule has 4 rings (SSSR count). The van der Waals surface area contributed by atoms with E-state index in [0.29, 0.717) is 44.0 Å². The summed E-state index contributed by atoms with van der Waals surface area (Å²) >= 11 is 12.3. The van der Waals surface area contributed by atoms with Crippen molar-refractivity contribution < 1.29 is 13.5 Å². The number of hydrogen-bond acceptors (Lipinski definition) is 6. The molecule has 0 radical (unpaired) electrons. The lowest BCUT2D eigenvalue weighted by atomic mass is 10.00. The number of nitrogens with two attached hydrogens (primary N) is 1. The van der Waals surface area contributed by atoms with Gasteiger partial charge >= 0.3 is 0 Å². The Labute approximate surface area is 193 Å². The van der Waals surface area contributed by atoms with Crippen LogP contribution in [-0.4, -0.2) is 35.2 Å². The van der Waals surface area contributed by atoms with Crippen molar-refractivity contribution in [1.82, 2.24) is 9.97 Å². The SMILES string of the molecule is N=C(c1ccc(N2CC(C(F)F)C2)nc1)c1cc(OCc2c(Cl)cncc2Cl)ccc1N. The Hall–Kier alpha value is -2.97. The van der Waals surface area contributed by atoms with Crippen molar-refractivity contribution in [2.45, 2.75) is 13.0 Å². The quantitative estimate of drug-likeness (QED) is 0.366. The van der Waals surface area contributed by atoms with Gasteiger partial charge in [-0.1, -0.05) is 23.2 Å². The van der Waals surface area contributed by atoms with Crippen LogP contribution in [-0.2, 0) is 6.61 Å². The number of rotatable bonds is 7. The monoisotopic (exact) mass is 477 g/mol. The highest BCUT2D eigenvalue weighted by atomic mass is 35.5. The molecule has 10 heteroatoms. The molecule has 32 heavy (non-hydrogen) atoms. The number of nitrogens with one attached hydrogen (secondary N) is 1. The zero-order valence-electron chi connectivity index (χ0n) is 16.7. The fourth-order valence-corrected chi connectivity index (χ4v) is 3.78. The van der Waals surface area contributed by atoms with Crippen LogP contribution in [0.1, 0.15) is 16.7 Å². The molecule has 1 saturated heterocycles. The van der Waals surface area contributed by atoms with Crippen LogP contribution in [0.15, 0.2) is 48.9 Å². The number of nitrogens with zero attached hydrogens (tertiary/aromatic N) is 3. The Balaban J connectivity index is 1.47. The van der Waals surface area contributed by atoms with E-state index in [1.807, 2.05) is 0 Å². The maximum atomic E-state index is 12.7. The molecular formula is C22H19Cl2F2N5O. The summed E-state index contributed by atoms with van der Waals surface area (Å²) in [5.74, 6) is 0.481. The van der Waals surface area contributed by atoms with Gasteiger partial charge in [-0.2, -0.15) is 0 Å². The van der Waals surface area contributed by atoms with E-state index in [2.05, 4.69) is 9.97 Å². The van der Waals surface area contributed by atoms with Gasteiger partial charge in [0.25, 0.3) is 0 Å². The van der Waals surface area contributed by atoms with Crippen molar-refractivity contribution in [1.29, 1.82) is 5.41 Å². The normalized spacial score (nSPS) is 13.8. The molecule has 3 heterocycles. The molecule has 1 fully saturated rings. The van der Waals surface area contributed by atoms with Gasteiger partial charge in [-0.15, -0.1) is 0 Å². The van der Waals surface area contributed by atoms with Crippen molar-refractivity contribution in [3.63, 3.8) is 0 Å². The Morgan fingerprint density at radius 1 is 1.16 bits per heavy atom. The molecule has 0 amide bonds. The zero-order valence-corrected chi connectivity index (χ0v) is 18.2. The van der Waals surface area contributed by atoms with Gasteiger partial charge in [0.15, 0.2) is 0 Å². The summed E-state index contributed by atoms with van der Waals surface area (Å²) in [6.07, 6.45) is 2.19. The van der Waals surface area contributed by atoms with Gasteiger partial charge in [-0.05, 0) is 30.3 Å². The number of nitrogen functional groups attached to an aromatic ring is 1. The fraction of sp³-hybridized carbons (Fsp3) is 0.227. The molecule has 6 nitrogen and oxygen atoms in total. The summed E-state index contributed by atoms with van der Waals surface area (Å²) in [5, 5.41) is 9.35. The summed E-state index contributed by atoms with van der Waals surface area (Å²) < 4.78 is 31.2. The van der Waals surface area contributed by atoms with Crippen LogP contribution in [0.25, 0.3) is 0 Å². The molecule has 0 saturated carbocycles. The van der Waals surface area contributed by atoms with Crippen LogP contribution < -0.4 is 15.4 Å². The molecule has 3 N–H and O–H groups in total. The van der Waals surface area contributed by atoms with Crippen LogP contribution in [0.5, 0.6) is 5.75 Å².